The molecule has 320 valence electrons. The number of amides is 4. The van der Waals surface area contributed by atoms with Crippen molar-refractivity contribution in [1.29, 1.82) is 0 Å². The zero-order chi connectivity index (χ0) is 43.9. The molecule has 0 saturated heterocycles. The summed E-state index contributed by atoms with van der Waals surface area (Å²) >= 11 is 2.15. The van der Waals surface area contributed by atoms with E-state index in [1.165, 1.54) is 0 Å². The highest BCUT2D eigenvalue weighted by Crippen LogP contribution is 2.30. The Morgan fingerprint density at radius 1 is 0.661 bits per heavy atom. The molecule has 0 fully saturated rings. The molecule has 2 aliphatic heterocycles. The molecule has 0 unspecified atom stereocenters. The Morgan fingerprint density at radius 3 is 1.47 bits per heavy atom. The van der Waals surface area contributed by atoms with Gasteiger partial charge in [-0.25, -0.2) is 9.97 Å². The molecule has 6 rings (SSSR count). The molecule has 0 saturated carbocycles. The van der Waals surface area contributed by atoms with Gasteiger partial charge in [-0.1, -0.05) is 125 Å². The second kappa shape index (κ2) is 19.6. The van der Waals surface area contributed by atoms with Crippen molar-refractivity contribution in [3.8, 4) is 22.8 Å². The molecule has 2 aliphatic rings. The lowest BCUT2D eigenvalue weighted by atomic mass is 9.86. The second-order valence-corrected chi connectivity index (χ2v) is 17.8. The largest absolute Gasteiger partial charge is 0.357 e. The number of fused-ring (bicyclic) bond motifs is 2. The normalized spacial score (nSPS) is 15.7. The molecule has 4 aromatic rings. The number of hydrogen-bond acceptors (Lipinski definition) is 7. The first kappa shape index (κ1) is 47.1. The number of quaternary nitrogens is 1. The maximum Gasteiger partial charge on any atom is 0.272 e. The van der Waals surface area contributed by atoms with Crippen LogP contribution in [0.25, 0.3) is 22.8 Å². The minimum atomic E-state index is -0.649. The zero-order valence-corrected chi connectivity index (χ0v) is 39.0. The molecule has 2 aromatic carbocycles. The van der Waals surface area contributed by atoms with Gasteiger partial charge in [-0.05, 0) is 22.8 Å². The molecule has 15 heteroatoms. The van der Waals surface area contributed by atoms with E-state index in [-0.39, 0.29) is 23.6 Å². The Balaban J connectivity index is 0.000000250. The van der Waals surface area contributed by atoms with Crippen LogP contribution in [-0.4, -0.2) is 117 Å². The van der Waals surface area contributed by atoms with Crippen LogP contribution in [0.4, 0.5) is 0 Å². The number of alkyl halides is 1. The van der Waals surface area contributed by atoms with Crippen LogP contribution in [-0.2, 0) is 35.8 Å². The van der Waals surface area contributed by atoms with Crippen LogP contribution in [0.15, 0.2) is 60.7 Å². The average molecular weight is 924 g/mol. The van der Waals surface area contributed by atoms with E-state index in [1.54, 1.807) is 14.1 Å². The third-order valence-electron chi connectivity index (χ3n) is 10.6. The van der Waals surface area contributed by atoms with Crippen LogP contribution >= 0.6 is 22.6 Å². The van der Waals surface area contributed by atoms with Gasteiger partial charge in [0.2, 0.25) is 11.8 Å². The van der Waals surface area contributed by atoms with Crippen LogP contribution < -0.4 is 21.3 Å². The summed E-state index contributed by atoms with van der Waals surface area (Å²) in [5.41, 5.74) is 3.72. The van der Waals surface area contributed by atoms with Crippen molar-refractivity contribution in [3.05, 3.63) is 83.4 Å². The van der Waals surface area contributed by atoms with Crippen LogP contribution in [0.3, 0.4) is 0 Å². The molecular formula is C44H64IN10O4+. The lowest BCUT2D eigenvalue weighted by Crippen LogP contribution is -2.53. The van der Waals surface area contributed by atoms with E-state index in [1.807, 2.05) is 114 Å². The van der Waals surface area contributed by atoms with Gasteiger partial charge in [0.05, 0.1) is 32.9 Å². The molecular weight excluding hydrogens is 859 g/mol. The number of nitrogens with one attached hydrogen (secondary N) is 4. The number of rotatable bonds is 8. The summed E-state index contributed by atoms with van der Waals surface area (Å²) in [4.78, 5) is 64.8. The van der Waals surface area contributed by atoms with Gasteiger partial charge in [-0.3, -0.25) is 24.1 Å². The van der Waals surface area contributed by atoms with Crippen molar-refractivity contribution in [2.24, 2.45) is 10.8 Å². The molecule has 4 heterocycles. The summed E-state index contributed by atoms with van der Waals surface area (Å²) in [7, 11) is 9.50. The summed E-state index contributed by atoms with van der Waals surface area (Å²) in [5.74, 6) is 0.553. The van der Waals surface area contributed by atoms with Crippen molar-refractivity contribution in [2.75, 3.05) is 53.3 Å². The fourth-order valence-electron chi connectivity index (χ4n) is 7.25. The number of carbonyl (C=O) groups is 4. The van der Waals surface area contributed by atoms with Crippen molar-refractivity contribution in [1.82, 2.24) is 45.3 Å². The minimum absolute atomic E-state index is 0.210. The molecule has 59 heavy (non-hydrogen) atoms. The summed E-state index contributed by atoms with van der Waals surface area (Å²) < 4.78 is 5.06. The Kier molecular flexibility index (Phi) is 15.7. The van der Waals surface area contributed by atoms with Gasteiger partial charge in [0.15, 0.2) is 11.4 Å². The first-order valence-electron chi connectivity index (χ1n) is 20.0. The standard InChI is InChI=1S/C22H31N5O2.C21H29N5O2.CH3I/c1-22(2,3)18(21(29)23-4)25-20(28)17-16-14-27(5,6)13-12-26(16)19(24-17)15-10-8-7-9-11-15;1-21(2,3)17(20(28)22-4)24-19(27)16-15-13-25(5)11-12-26(15)18(23-16)14-9-7-6-8-10-14;1-2/h7-11,18H,12-14H2,1-6H3,(H-,23,25,28,29);6-10,17H,11-13H2,1-5H3,(H,22,28)(H,24,27);1H3/p+1/t18-;17-;/m11./s1. The summed E-state index contributed by atoms with van der Waals surface area (Å²) in [6.45, 7) is 16.4. The number of imidazole rings is 2. The van der Waals surface area contributed by atoms with Gasteiger partial charge >= 0.3 is 0 Å². The first-order valence-corrected chi connectivity index (χ1v) is 22.1. The monoisotopic (exact) mass is 923 g/mol. The molecule has 4 N–H and O–H groups in total. The Hall–Kier alpha value is -4.61. The number of hydrogen-bond donors (Lipinski definition) is 4. The highest BCUT2D eigenvalue weighted by molar-refractivity contribution is 14.1. The van der Waals surface area contributed by atoms with E-state index in [4.69, 9.17) is 9.97 Å². The van der Waals surface area contributed by atoms with Gasteiger partial charge in [-0.15, -0.1) is 0 Å². The lowest BCUT2D eigenvalue weighted by Gasteiger charge is -2.35. The van der Waals surface area contributed by atoms with E-state index in [9.17, 15) is 19.2 Å². The van der Waals surface area contributed by atoms with Crippen molar-refractivity contribution in [3.63, 3.8) is 0 Å². The fourth-order valence-corrected chi connectivity index (χ4v) is 7.25. The minimum Gasteiger partial charge on any atom is -0.357 e. The number of halogens is 1. The second-order valence-electron chi connectivity index (χ2n) is 17.8. The summed E-state index contributed by atoms with van der Waals surface area (Å²) in [6, 6.07) is 18.5. The SMILES string of the molecule is CI.CNC(=O)[C@@H](NC(=O)c1nc(-c2ccccc2)n2c1CN(C)CC2)C(C)(C)C.CNC(=O)[C@@H](NC(=O)c1nc(-c2ccccc2)n2c1C[N+](C)(C)CC2)C(C)(C)C. The highest BCUT2D eigenvalue weighted by Gasteiger charge is 2.38. The third-order valence-corrected chi connectivity index (χ3v) is 10.6. The van der Waals surface area contributed by atoms with E-state index in [0.29, 0.717) is 24.5 Å². The molecule has 4 amide bonds. The van der Waals surface area contributed by atoms with Crippen LogP contribution in [0.2, 0.25) is 0 Å². The number of likely N-dealkylation sites (N-methyl/N-ethyl adjacent to an activating group) is 4. The molecule has 0 spiro atoms. The molecule has 0 bridgehead atoms. The smallest absolute Gasteiger partial charge is 0.272 e. The van der Waals surface area contributed by atoms with Gasteiger partial charge in [0.1, 0.15) is 36.0 Å². The topological polar surface area (TPSA) is 155 Å². The van der Waals surface area contributed by atoms with Gasteiger partial charge in [0.25, 0.3) is 11.8 Å². The van der Waals surface area contributed by atoms with E-state index >= 15 is 0 Å². The number of nitrogens with zero attached hydrogens (tertiary/aromatic N) is 6. The Bertz CT molecular complexity index is 2080. The zero-order valence-electron chi connectivity index (χ0n) is 36.9. The first-order chi connectivity index (χ1) is 27.8. The van der Waals surface area contributed by atoms with Crippen molar-refractivity contribution >= 4 is 46.2 Å². The van der Waals surface area contributed by atoms with Gasteiger partial charge < -0.3 is 34.9 Å². The van der Waals surface area contributed by atoms with Crippen molar-refractivity contribution < 1.29 is 23.7 Å². The van der Waals surface area contributed by atoms with E-state index in [0.717, 1.165) is 64.8 Å². The van der Waals surface area contributed by atoms with Crippen molar-refractivity contribution in [2.45, 2.75) is 79.8 Å². The molecule has 0 radical (unpaired) electrons. The molecule has 2 aromatic heterocycles. The Morgan fingerprint density at radius 2 is 1.07 bits per heavy atom. The third kappa shape index (κ3) is 11.4. The predicted octanol–water partition coefficient (Wildman–Crippen LogP) is 4.97. The average Bonchev–Trinajstić information content (AvgIpc) is 3.77. The Labute approximate surface area is 363 Å². The lowest BCUT2D eigenvalue weighted by molar-refractivity contribution is -0.907. The van der Waals surface area contributed by atoms with Crippen LogP contribution in [0.1, 0.15) is 73.9 Å². The molecule has 0 aliphatic carbocycles. The van der Waals surface area contributed by atoms with Gasteiger partial charge in [0, 0.05) is 44.9 Å². The predicted molar refractivity (Wildman–Crippen MR) is 242 cm³/mol. The molecule has 2 atom stereocenters. The highest BCUT2D eigenvalue weighted by atomic mass is 127. The van der Waals surface area contributed by atoms with E-state index < -0.39 is 22.9 Å². The number of carbonyl (C=O) groups excluding carboxylic acids is 4. The van der Waals surface area contributed by atoms with Crippen LogP contribution in [0.5, 0.6) is 0 Å². The van der Waals surface area contributed by atoms with E-state index in [2.05, 4.69) is 72.0 Å². The van der Waals surface area contributed by atoms with Crippen LogP contribution in [0, 0.1) is 10.8 Å². The molecule has 14 nitrogen and oxygen atoms in total. The number of benzene rings is 2. The summed E-state index contributed by atoms with van der Waals surface area (Å²) in [5, 5.41) is 11.1. The maximum absolute atomic E-state index is 13.3. The fraction of sp³-hybridized carbons (Fsp3) is 0.500. The quantitative estimate of drug-likeness (QED) is 0.111. The van der Waals surface area contributed by atoms with Gasteiger partial charge in [-0.2, -0.15) is 0 Å². The summed E-state index contributed by atoms with van der Waals surface area (Å²) in [6.07, 6.45) is 0. The maximum atomic E-state index is 13.3. The number of aromatic nitrogens is 4.